The summed E-state index contributed by atoms with van der Waals surface area (Å²) in [7, 11) is 1.53. The van der Waals surface area contributed by atoms with Crippen LogP contribution in [-0.2, 0) is 11.3 Å². The number of hydrogen-bond donors (Lipinski definition) is 0. The average molecular weight is 390 g/mol. The maximum Gasteiger partial charge on any atom is 0.289 e. The molecule has 2 amide bonds. The molecule has 3 aromatic rings. The van der Waals surface area contributed by atoms with Gasteiger partial charge in [-0.1, -0.05) is 29.8 Å². The third kappa shape index (κ3) is 4.30. The third-order valence-corrected chi connectivity index (χ3v) is 4.79. The molecule has 0 spiro atoms. The molecule has 134 valence electrons. The van der Waals surface area contributed by atoms with Gasteiger partial charge in [-0.05, 0) is 23.8 Å². The van der Waals surface area contributed by atoms with E-state index in [9.17, 15) is 9.59 Å². The molecular weight excluding hydrogens is 374 g/mol. The van der Waals surface area contributed by atoms with Crippen LogP contribution >= 0.6 is 22.9 Å². The Kier molecular flexibility index (Phi) is 5.70. The van der Waals surface area contributed by atoms with E-state index in [1.165, 1.54) is 29.5 Å². The number of likely N-dealkylation sites (N-methyl/N-ethyl adjacent to an activating group) is 1. The number of thiazole rings is 1. The number of furan rings is 1. The molecule has 1 aromatic carbocycles. The van der Waals surface area contributed by atoms with E-state index in [1.807, 2.05) is 40.4 Å². The molecule has 0 aliphatic heterocycles. The highest BCUT2D eigenvalue weighted by Gasteiger charge is 2.17. The molecule has 2 heterocycles. The molecule has 0 unspecified atom stereocenters. The third-order valence-electron chi connectivity index (χ3n) is 3.63. The Morgan fingerprint density at radius 3 is 2.81 bits per heavy atom. The number of amides is 2. The number of nitrogens with zero attached hydrogens (tertiary/aromatic N) is 3. The van der Waals surface area contributed by atoms with Gasteiger partial charge in [0.25, 0.3) is 11.8 Å². The molecule has 0 saturated heterocycles. The van der Waals surface area contributed by atoms with Crippen molar-refractivity contribution in [1.82, 2.24) is 9.47 Å². The number of hydrogen-bond acceptors (Lipinski definition) is 4. The summed E-state index contributed by atoms with van der Waals surface area (Å²) in [6, 6.07) is 10.7. The van der Waals surface area contributed by atoms with E-state index in [2.05, 4.69) is 4.99 Å². The van der Waals surface area contributed by atoms with Crippen molar-refractivity contribution in [2.45, 2.75) is 6.54 Å². The first-order chi connectivity index (χ1) is 12.5. The summed E-state index contributed by atoms with van der Waals surface area (Å²) >= 11 is 7.54. The van der Waals surface area contributed by atoms with Crippen molar-refractivity contribution in [3.05, 3.63) is 75.4 Å². The molecule has 8 heteroatoms. The van der Waals surface area contributed by atoms with Crippen LogP contribution in [0.3, 0.4) is 0 Å². The summed E-state index contributed by atoms with van der Waals surface area (Å²) in [5, 5.41) is 2.51. The van der Waals surface area contributed by atoms with E-state index < -0.39 is 5.91 Å². The normalized spacial score (nSPS) is 11.5. The van der Waals surface area contributed by atoms with Gasteiger partial charge in [0.05, 0.1) is 12.8 Å². The lowest BCUT2D eigenvalue weighted by Gasteiger charge is -2.12. The van der Waals surface area contributed by atoms with Crippen molar-refractivity contribution in [2.75, 3.05) is 13.6 Å². The largest absolute Gasteiger partial charge is 0.459 e. The van der Waals surface area contributed by atoms with E-state index in [-0.39, 0.29) is 18.2 Å². The number of carbonyl (C=O) groups is 2. The minimum absolute atomic E-state index is 0.135. The lowest BCUT2D eigenvalue weighted by atomic mass is 10.2. The maximum atomic E-state index is 12.2. The summed E-state index contributed by atoms with van der Waals surface area (Å²) in [6.07, 6.45) is 3.26. The molecule has 0 N–H and O–H groups in total. The molecular formula is C18H16ClN3O3S. The summed E-state index contributed by atoms with van der Waals surface area (Å²) in [6.45, 7) is 0.375. The topological polar surface area (TPSA) is 67.8 Å². The molecule has 0 fully saturated rings. The second kappa shape index (κ2) is 8.16. The van der Waals surface area contributed by atoms with Crippen molar-refractivity contribution < 1.29 is 14.0 Å². The summed E-state index contributed by atoms with van der Waals surface area (Å²) in [5.74, 6) is -0.596. The fourth-order valence-electron chi connectivity index (χ4n) is 2.32. The standard InChI is InChI=1S/C18H16ClN3O3S/c1-21(17(24)15-7-4-9-25-15)12-16(23)20-18-22(8-10-26-18)11-13-5-2-3-6-14(13)19/h2-10H,11-12H2,1H3. The van der Waals surface area contributed by atoms with Crippen LogP contribution in [0.25, 0.3) is 0 Å². The predicted octanol–water partition coefficient (Wildman–Crippen LogP) is 3.04. The molecule has 3 rings (SSSR count). The minimum atomic E-state index is -0.414. The van der Waals surface area contributed by atoms with Gasteiger partial charge >= 0.3 is 0 Å². The maximum absolute atomic E-state index is 12.2. The van der Waals surface area contributed by atoms with E-state index in [1.54, 1.807) is 12.1 Å². The van der Waals surface area contributed by atoms with Gasteiger partial charge in [-0.2, -0.15) is 4.99 Å². The summed E-state index contributed by atoms with van der Waals surface area (Å²) in [5.41, 5.74) is 0.937. The monoisotopic (exact) mass is 389 g/mol. The first-order valence-electron chi connectivity index (χ1n) is 7.78. The smallest absolute Gasteiger partial charge is 0.289 e. The number of rotatable bonds is 5. The van der Waals surface area contributed by atoms with Gasteiger partial charge in [0.1, 0.15) is 6.54 Å². The fourth-order valence-corrected chi connectivity index (χ4v) is 3.26. The van der Waals surface area contributed by atoms with E-state index >= 15 is 0 Å². The highest BCUT2D eigenvalue weighted by atomic mass is 35.5. The highest BCUT2D eigenvalue weighted by Crippen LogP contribution is 2.15. The molecule has 0 aliphatic carbocycles. The van der Waals surface area contributed by atoms with Gasteiger partial charge in [0, 0.05) is 23.6 Å². The second-order valence-corrected chi connectivity index (χ2v) is 6.83. The van der Waals surface area contributed by atoms with Crippen LogP contribution in [0.2, 0.25) is 5.02 Å². The SMILES string of the molecule is CN(CC(=O)N=c1sccn1Cc1ccccc1Cl)C(=O)c1ccco1. The Bertz CT molecular complexity index is 975. The van der Waals surface area contributed by atoms with Crippen molar-refractivity contribution >= 4 is 34.8 Å². The number of benzene rings is 1. The highest BCUT2D eigenvalue weighted by molar-refractivity contribution is 7.07. The molecule has 0 radical (unpaired) electrons. The van der Waals surface area contributed by atoms with Gasteiger partial charge < -0.3 is 13.9 Å². The lowest BCUT2D eigenvalue weighted by molar-refractivity contribution is -0.118. The van der Waals surface area contributed by atoms with Crippen LogP contribution in [0.15, 0.2) is 63.6 Å². The Labute approximate surface area is 159 Å². The fraction of sp³-hybridized carbons (Fsp3) is 0.167. The van der Waals surface area contributed by atoms with Crippen LogP contribution in [0, 0.1) is 0 Å². The molecule has 0 aliphatic rings. The van der Waals surface area contributed by atoms with E-state index in [0.29, 0.717) is 16.4 Å². The van der Waals surface area contributed by atoms with Crippen LogP contribution in [0.4, 0.5) is 0 Å². The second-order valence-electron chi connectivity index (χ2n) is 5.55. The minimum Gasteiger partial charge on any atom is -0.459 e. The van der Waals surface area contributed by atoms with Gasteiger partial charge in [-0.25, -0.2) is 0 Å². The van der Waals surface area contributed by atoms with Crippen LogP contribution in [0.1, 0.15) is 16.1 Å². The Morgan fingerprint density at radius 1 is 1.27 bits per heavy atom. The Balaban J connectivity index is 1.72. The van der Waals surface area contributed by atoms with Crippen LogP contribution < -0.4 is 4.80 Å². The molecule has 26 heavy (non-hydrogen) atoms. The number of carbonyl (C=O) groups excluding carboxylic acids is 2. The van der Waals surface area contributed by atoms with Crippen molar-refractivity contribution in [3.8, 4) is 0 Å². The first kappa shape index (κ1) is 18.2. The van der Waals surface area contributed by atoms with Gasteiger partial charge in [-0.3, -0.25) is 9.59 Å². The predicted molar refractivity (Wildman–Crippen MR) is 99.1 cm³/mol. The number of halogens is 1. The zero-order valence-electron chi connectivity index (χ0n) is 14.0. The molecule has 0 saturated carbocycles. The number of aromatic nitrogens is 1. The van der Waals surface area contributed by atoms with Crippen molar-refractivity contribution in [2.24, 2.45) is 4.99 Å². The van der Waals surface area contributed by atoms with Crippen LogP contribution in [-0.4, -0.2) is 34.9 Å². The summed E-state index contributed by atoms with van der Waals surface area (Å²) < 4.78 is 6.90. The quantitative estimate of drug-likeness (QED) is 0.673. The zero-order valence-corrected chi connectivity index (χ0v) is 15.5. The molecule has 0 atom stereocenters. The van der Waals surface area contributed by atoms with Gasteiger partial charge in [0.15, 0.2) is 10.6 Å². The first-order valence-corrected chi connectivity index (χ1v) is 9.04. The zero-order chi connectivity index (χ0) is 18.5. The summed E-state index contributed by atoms with van der Waals surface area (Å²) in [4.78, 5) is 30.3. The van der Waals surface area contributed by atoms with Crippen molar-refractivity contribution in [1.29, 1.82) is 0 Å². The van der Waals surface area contributed by atoms with Gasteiger partial charge in [0.2, 0.25) is 0 Å². The molecule has 0 bridgehead atoms. The Morgan fingerprint density at radius 2 is 2.08 bits per heavy atom. The molecule has 6 nitrogen and oxygen atoms in total. The van der Waals surface area contributed by atoms with E-state index in [4.69, 9.17) is 16.0 Å². The lowest BCUT2D eigenvalue weighted by Crippen LogP contribution is -2.32. The Hall–Kier alpha value is -2.64. The van der Waals surface area contributed by atoms with Gasteiger partial charge in [-0.15, -0.1) is 11.3 Å². The van der Waals surface area contributed by atoms with Crippen LogP contribution in [0.5, 0.6) is 0 Å². The average Bonchev–Trinajstić information content (AvgIpc) is 3.28. The molecule has 2 aromatic heterocycles. The van der Waals surface area contributed by atoms with E-state index in [0.717, 1.165) is 5.56 Å². The van der Waals surface area contributed by atoms with Crippen molar-refractivity contribution in [3.63, 3.8) is 0 Å².